The van der Waals surface area contributed by atoms with E-state index in [9.17, 15) is 0 Å². The first-order valence-corrected chi connectivity index (χ1v) is 4.21. The van der Waals surface area contributed by atoms with E-state index in [4.69, 9.17) is 5.11 Å². The third-order valence-electron chi connectivity index (χ3n) is 1.41. The van der Waals surface area contributed by atoms with Crippen molar-refractivity contribution >= 4 is 16.5 Å². The van der Waals surface area contributed by atoms with Crippen molar-refractivity contribution in [2.24, 2.45) is 0 Å². The third kappa shape index (κ3) is 1.70. The van der Waals surface area contributed by atoms with Crippen molar-refractivity contribution in [2.75, 3.05) is 19.0 Å². The van der Waals surface area contributed by atoms with Crippen LogP contribution in [0.2, 0.25) is 0 Å². The molecule has 0 bridgehead atoms. The van der Waals surface area contributed by atoms with E-state index in [0.29, 0.717) is 0 Å². The summed E-state index contributed by atoms with van der Waals surface area (Å²) >= 11 is 1.53. The second-order valence-electron chi connectivity index (χ2n) is 2.56. The molecule has 0 saturated carbocycles. The van der Waals surface area contributed by atoms with Crippen molar-refractivity contribution < 1.29 is 5.11 Å². The maximum Gasteiger partial charge on any atom is 0.185 e. The van der Waals surface area contributed by atoms with Crippen molar-refractivity contribution in [2.45, 2.75) is 13.5 Å². The van der Waals surface area contributed by atoms with Crippen LogP contribution in [0.1, 0.15) is 10.6 Å². The van der Waals surface area contributed by atoms with Crippen LogP contribution < -0.4 is 4.90 Å². The van der Waals surface area contributed by atoms with Gasteiger partial charge in [-0.15, -0.1) is 0 Å². The van der Waals surface area contributed by atoms with Crippen LogP contribution in [0.25, 0.3) is 0 Å². The maximum atomic E-state index is 8.87. The number of anilines is 1. The van der Waals surface area contributed by atoms with Crippen molar-refractivity contribution in [3.63, 3.8) is 0 Å². The Morgan fingerprint density at radius 1 is 1.55 bits per heavy atom. The molecule has 4 heteroatoms. The molecule has 1 N–H and O–H groups in total. The van der Waals surface area contributed by atoms with Gasteiger partial charge < -0.3 is 10.0 Å². The molecule has 0 amide bonds. The van der Waals surface area contributed by atoms with E-state index in [1.807, 2.05) is 25.9 Å². The standard InChI is InChI=1S/C7H12N2OS/c1-5-6(4-10)11-7(8-5)9(2)3/h10H,4H2,1-3H3. The lowest BCUT2D eigenvalue weighted by Gasteiger charge is -2.04. The summed E-state index contributed by atoms with van der Waals surface area (Å²) in [4.78, 5) is 7.16. The van der Waals surface area contributed by atoms with Crippen LogP contribution in [-0.2, 0) is 6.61 Å². The summed E-state index contributed by atoms with van der Waals surface area (Å²) in [7, 11) is 3.89. The highest BCUT2D eigenvalue weighted by Gasteiger charge is 2.06. The van der Waals surface area contributed by atoms with Crippen molar-refractivity contribution in [1.82, 2.24) is 4.98 Å². The van der Waals surface area contributed by atoms with E-state index in [2.05, 4.69) is 4.98 Å². The van der Waals surface area contributed by atoms with E-state index >= 15 is 0 Å². The Morgan fingerprint density at radius 3 is 2.45 bits per heavy atom. The minimum Gasteiger partial charge on any atom is -0.391 e. The maximum absolute atomic E-state index is 8.87. The molecule has 0 aliphatic rings. The van der Waals surface area contributed by atoms with Gasteiger partial charge in [-0.25, -0.2) is 4.98 Å². The Morgan fingerprint density at radius 2 is 2.18 bits per heavy atom. The molecule has 0 atom stereocenters. The average Bonchev–Trinajstić information content (AvgIpc) is 2.31. The van der Waals surface area contributed by atoms with Gasteiger partial charge in [0.1, 0.15) is 0 Å². The van der Waals surface area contributed by atoms with Crippen molar-refractivity contribution in [3.8, 4) is 0 Å². The molecule has 0 unspecified atom stereocenters. The second kappa shape index (κ2) is 3.19. The number of thiazole rings is 1. The summed E-state index contributed by atoms with van der Waals surface area (Å²) in [6.45, 7) is 2.01. The fourth-order valence-electron chi connectivity index (χ4n) is 0.751. The summed E-state index contributed by atoms with van der Waals surface area (Å²) in [5, 5.41) is 9.82. The number of nitrogens with zero attached hydrogens (tertiary/aromatic N) is 2. The van der Waals surface area contributed by atoms with Gasteiger partial charge in [0.05, 0.1) is 17.2 Å². The predicted molar refractivity (Wildman–Crippen MR) is 47.1 cm³/mol. The van der Waals surface area contributed by atoms with Crippen molar-refractivity contribution in [1.29, 1.82) is 0 Å². The van der Waals surface area contributed by atoms with Crippen LogP contribution in [0.5, 0.6) is 0 Å². The Hall–Kier alpha value is -0.610. The van der Waals surface area contributed by atoms with Crippen molar-refractivity contribution in [3.05, 3.63) is 10.6 Å². The number of rotatable bonds is 2. The molecule has 0 spiro atoms. The number of aliphatic hydroxyl groups is 1. The molecule has 0 fully saturated rings. The molecule has 0 aliphatic carbocycles. The number of hydrogen-bond donors (Lipinski definition) is 1. The molecule has 0 aliphatic heterocycles. The normalized spacial score (nSPS) is 10.2. The van der Waals surface area contributed by atoms with Gasteiger partial charge in [0.2, 0.25) is 0 Å². The van der Waals surface area contributed by atoms with Crippen LogP contribution in [0, 0.1) is 6.92 Å². The monoisotopic (exact) mass is 172 g/mol. The van der Waals surface area contributed by atoms with Crippen LogP contribution in [0.15, 0.2) is 0 Å². The lowest BCUT2D eigenvalue weighted by Crippen LogP contribution is -2.07. The van der Waals surface area contributed by atoms with E-state index in [1.54, 1.807) is 0 Å². The minimum atomic E-state index is 0.0946. The van der Waals surface area contributed by atoms with Crippen LogP contribution in [0.4, 0.5) is 5.13 Å². The number of aromatic nitrogens is 1. The molecule has 0 aromatic carbocycles. The van der Waals surface area contributed by atoms with Gasteiger partial charge in [0.25, 0.3) is 0 Å². The molecule has 0 radical (unpaired) electrons. The SMILES string of the molecule is Cc1nc(N(C)C)sc1CO. The van der Waals surface area contributed by atoms with E-state index in [-0.39, 0.29) is 6.61 Å². The van der Waals surface area contributed by atoms with Crippen LogP contribution >= 0.6 is 11.3 Å². The molecule has 1 heterocycles. The molecule has 0 saturated heterocycles. The highest BCUT2D eigenvalue weighted by Crippen LogP contribution is 2.23. The lowest BCUT2D eigenvalue weighted by atomic mass is 10.4. The highest BCUT2D eigenvalue weighted by atomic mass is 32.1. The first-order valence-electron chi connectivity index (χ1n) is 3.39. The Labute approximate surface area is 70.3 Å². The molecule has 1 aromatic rings. The number of aryl methyl sites for hydroxylation is 1. The predicted octanol–water partition coefficient (Wildman–Crippen LogP) is 1.01. The summed E-state index contributed by atoms with van der Waals surface area (Å²) in [6.07, 6.45) is 0. The molecule has 62 valence electrons. The topological polar surface area (TPSA) is 36.4 Å². The summed E-state index contributed by atoms with van der Waals surface area (Å²) in [5.41, 5.74) is 0.932. The van der Waals surface area contributed by atoms with Gasteiger partial charge in [-0.05, 0) is 6.92 Å². The zero-order valence-corrected chi connectivity index (χ0v) is 7.77. The summed E-state index contributed by atoms with van der Waals surface area (Å²) in [6, 6.07) is 0. The summed E-state index contributed by atoms with van der Waals surface area (Å²) < 4.78 is 0. The Kier molecular flexibility index (Phi) is 2.46. The smallest absolute Gasteiger partial charge is 0.185 e. The summed E-state index contributed by atoms with van der Waals surface area (Å²) in [5.74, 6) is 0. The molecule has 1 rings (SSSR count). The first kappa shape index (κ1) is 8.49. The second-order valence-corrected chi connectivity index (χ2v) is 3.62. The first-order chi connectivity index (χ1) is 5.15. The molecule has 1 aromatic heterocycles. The molecular formula is C7H12N2OS. The highest BCUT2D eigenvalue weighted by molar-refractivity contribution is 7.15. The fraction of sp³-hybridized carbons (Fsp3) is 0.571. The van der Waals surface area contributed by atoms with Gasteiger partial charge in [-0.3, -0.25) is 0 Å². The van der Waals surface area contributed by atoms with Gasteiger partial charge >= 0.3 is 0 Å². The molecule has 11 heavy (non-hydrogen) atoms. The number of hydrogen-bond acceptors (Lipinski definition) is 4. The lowest BCUT2D eigenvalue weighted by molar-refractivity contribution is 0.284. The van der Waals surface area contributed by atoms with Gasteiger partial charge in [0, 0.05) is 14.1 Å². The zero-order chi connectivity index (χ0) is 8.43. The zero-order valence-electron chi connectivity index (χ0n) is 6.96. The van der Waals surface area contributed by atoms with Gasteiger partial charge in [0.15, 0.2) is 5.13 Å². The molecule has 3 nitrogen and oxygen atoms in total. The van der Waals surface area contributed by atoms with Crippen LogP contribution in [0.3, 0.4) is 0 Å². The van der Waals surface area contributed by atoms with Gasteiger partial charge in [-0.2, -0.15) is 0 Å². The van der Waals surface area contributed by atoms with E-state index in [0.717, 1.165) is 15.7 Å². The largest absolute Gasteiger partial charge is 0.391 e. The Balaban J connectivity index is 2.95. The third-order valence-corrected chi connectivity index (χ3v) is 2.72. The minimum absolute atomic E-state index is 0.0946. The van der Waals surface area contributed by atoms with Crippen LogP contribution in [-0.4, -0.2) is 24.2 Å². The Bertz CT molecular complexity index is 245. The van der Waals surface area contributed by atoms with E-state index < -0.39 is 0 Å². The fourth-order valence-corrected chi connectivity index (χ4v) is 1.59. The number of aliphatic hydroxyl groups excluding tert-OH is 1. The quantitative estimate of drug-likeness (QED) is 0.723. The molecular weight excluding hydrogens is 160 g/mol. The van der Waals surface area contributed by atoms with E-state index in [1.165, 1.54) is 11.3 Å². The average molecular weight is 172 g/mol. The van der Waals surface area contributed by atoms with Gasteiger partial charge in [-0.1, -0.05) is 11.3 Å².